The van der Waals surface area contributed by atoms with E-state index in [1.807, 2.05) is 6.92 Å². The summed E-state index contributed by atoms with van der Waals surface area (Å²) in [6.07, 6.45) is 1.04. The Morgan fingerprint density at radius 2 is 2.00 bits per heavy atom. The quantitative estimate of drug-likeness (QED) is 0.840. The molecule has 4 nitrogen and oxygen atoms in total. The second-order valence-electron chi connectivity index (χ2n) is 3.98. The van der Waals surface area contributed by atoms with Gasteiger partial charge in [-0.05, 0) is 24.6 Å². The smallest absolute Gasteiger partial charge is 0.254 e. The van der Waals surface area contributed by atoms with E-state index in [0.717, 1.165) is 6.42 Å². The molecule has 2 N–H and O–H groups in total. The second-order valence-corrected chi connectivity index (χ2v) is 4.90. The van der Waals surface area contributed by atoms with Crippen LogP contribution in [0, 0.1) is 5.82 Å². The molecule has 6 heteroatoms. The van der Waals surface area contributed by atoms with Crippen molar-refractivity contribution in [2.45, 2.75) is 19.8 Å². The minimum atomic E-state index is -0.587. The van der Waals surface area contributed by atoms with Crippen LogP contribution in [0.25, 0.3) is 0 Å². The van der Waals surface area contributed by atoms with Gasteiger partial charge in [-0.2, -0.15) is 0 Å². The van der Waals surface area contributed by atoms with E-state index in [-0.39, 0.29) is 24.4 Å². The molecule has 19 heavy (non-hydrogen) atoms. The van der Waals surface area contributed by atoms with E-state index in [1.54, 1.807) is 0 Å². The van der Waals surface area contributed by atoms with Crippen LogP contribution in [0.3, 0.4) is 0 Å². The third kappa shape index (κ3) is 5.38. The normalized spacial score (nSPS) is 10.1. The third-order valence-electron chi connectivity index (χ3n) is 2.38. The van der Waals surface area contributed by atoms with Gasteiger partial charge in [-0.3, -0.25) is 9.59 Å². The number of nitrogens with one attached hydrogen (secondary N) is 2. The first-order valence-corrected chi connectivity index (χ1v) is 6.84. The monoisotopic (exact) mass is 330 g/mol. The van der Waals surface area contributed by atoms with Crippen LogP contribution in [0.2, 0.25) is 0 Å². The molecule has 0 bridgehead atoms. The predicted molar refractivity (Wildman–Crippen MR) is 74.4 cm³/mol. The van der Waals surface area contributed by atoms with Crippen molar-refractivity contribution in [2.24, 2.45) is 0 Å². The first-order chi connectivity index (χ1) is 9.04. The van der Waals surface area contributed by atoms with Crippen LogP contribution in [-0.2, 0) is 4.79 Å². The Morgan fingerprint density at radius 3 is 2.68 bits per heavy atom. The highest BCUT2D eigenvalue weighted by atomic mass is 79.9. The number of hydrogen-bond acceptors (Lipinski definition) is 2. The lowest BCUT2D eigenvalue weighted by Gasteiger charge is -2.07. The molecule has 0 fully saturated rings. The molecule has 0 atom stereocenters. The van der Waals surface area contributed by atoms with Gasteiger partial charge in [0.2, 0.25) is 5.91 Å². The molecule has 0 radical (unpaired) electrons. The van der Waals surface area contributed by atoms with E-state index in [2.05, 4.69) is 26.6 Å². The average Bonchev–Trinajstić information content (AvgIpc) is 2.39. The first kappa shape index (κ1) is 15.6. The van der Waals surface area contributed by atoms with Gasteiger partial charge >= 0.3 is 0 Å². The molecule has 104 valence electrons. The molecule has 0 heterocycles. The molecule has 0 aliphatic heterocycles. The first-order valence-electron chi connectivity index (χ1n) is 6.04. The van der Waals surface area contributed by atoms with Gasteiger partial charge in [-0.25, -0.2) is 4.39 Å². The van der Waals surface area contributed by atoms with Crippen molar-refractivity contribution in [2.75, 3.05) is 13.1 Å². The predicted octanol–water partition coefficient (Wildman–Crippen LogP) is 2.23. The highest BCUT2D eigenvalue weighted by molar-refractivity contribution is 9.10. The van der Waals surface area contributed by atoms with Gasteiger partial charge in [0.1, 0.15) is 5.82 Å². The fraction of sp³-hybridized carbons (Fsp3) is 0.385. The molecule has 0 saturated heterocycles. The fourth-order valence-electron chi connectivity index (χ4n) is 1.41. The Balaban J connectivity index is 2.43. The van der Waals surface area contributed by atoms with Gasteiger partial charge in [-0.15, -0.1) is 0 Å². The van der Waals surface area contributed by atoms with E-state index >= 15 is 0 Å². The van der Waals surface area contributed by atoms with Crippen LogP contribution in [0.4, 0.5) is 4.39 Å². The Labute approximate surface area is 119 Å². The highest BCUT2D eigenvalue weighted by Crippen LogP contribution is 2.15. The largest absolute Gasteiger partial charge is 0.356 e. The summed E-state index contributed by atoms with van der Waals surface area (Å²) in [6.45, 7) is 2.76. The summed E-state index contributed by atoms with van der Waals surface area (Å²) in [6, 6.07) is 4.14. The van der Waals surface area contributed by atoms with E-state index in [9.17, 15) is 14.0 Å². The maximum atomic E-state index is 13.4. The van der Waals surface area contributed by atoms with Gasteiger partial charge in [0.15, 0.2) is 0 Å². The summed E-state index contributed by atoms with van der Waals surface area (Å²) < 4.78 is 14.0. The SMILES string of the molecule is CCCNC(=O)CCNC(=O)c1cc(Br)ccc1F. The van der Waals surface area contributed by atoms with Gasteiger partial charge in [-0.1, -0.05) is 22.9 Å². The average molecular weight is 331 g/mol. The summed E-state index contributed by atoms with van der Waals surface area (Å²) in [5.74, 6) is -1.24. The zero-order valence-electron chi connectivity index (χ0n) is 10.6. The highest BCUT2D eigenvalue weighted by Gasteiger charge is 2.12. The molecule has 0 aliphatic rings. The molecule has 0 spiro atoms. The van der Waals surface area contributed by atoms with Crippen LogP contribution >= 0.6 is 15.9 Å². The van der Waals surface area contributed by atoms with Crippen molar-refractivity contribution in [3.63, 3.8) is 0 Å². The number of halogens is 2. The van der Waals surface area contributed by atoms with E-state index in [0.29, 0.717) is 11.0 Å². The van der Waals surface area contributed by atoms with E-state index in [4.69, 9.17) is 0 Å². The number of carbonyl (C=O) groups excluding carboxylic acids is 2. The standard InChI is InChI=1S/C13H16BrFN2O2/c1-2-6-16-12(18)5-7-17-13(19)10-8-9(14)3-4-11(10)15/h3-4,8H,2,5-7H2,1H3,(H,16,18)(H,17,19). The Hall–Kier alpha value is -1.43. The Morgan fingerprint density at radius 1 is 1.26 bits per heavy atom. The maximum Gasteiger partial charge on any atom is 0.254 e. The topological polar surface area (TPSA) is 58.2 Å². The van der Waals surface area contributed by atoms with Crippen LogP contribution < -0.4 is 10.6 Å². The van der Waals surface area contributed by atoms with Gasteiger partial charge < -0.3 is 10.6 Å². The number of carbonyl (C=O) groups is 2. The number of benzene rings is 1. The van der Waals surface area contributed by atoms with Crippen molar-refractivity contribution in [3.05, 3.63) is 34.1 Å². The Kier molecular flexibility index (Phi) is 6.49. The van der Waals surface area contributed by atoms with Gasteiger partial charge in [0.05, 0.1) is 5.56 Å². The lowest BCUT2D eigenvalue weighted by molar-refractivity contribution is -0.120. The van der Waals surface area contributed by atoms with Crippen LogP contribution in [0.15, 0.2) is 22.7 Å². The Bertz CT molecular complexity index is 466. The van der Waals surface area contributed by atoms with E-state index < -0.39 is 11.7 Å². The molecule has 0 unspecified atom stereocenters. The molecule has 1 rings (SSSR count). The number of rotatable bonds is 6. The molecular weight excluding hydrogens is 315 g/mol. The summed E-state index contributed by atoms with van der Waals surface area (Å²) in [5, 5.41) is 5.21. The maximum absolute atomic E-state index is 13.4. The van der Waals surface area contributed by atoms with Crippen molar-refractivity contribution >= 4 is 27.7 Å². The molecule has 2 amide bonds. The minimum absolute atomic E-state index is 0.0386. The molecule has 1 aromatic carbocycles. The van der Waals surface area contributed by atoms with Gasteiger partial charge in [0, 0.05) is 24.0 Å². The number of amides is 2. The fourth-order valence-corrected chi connectivity index (χ4v) is 1.77. The third-order valence-corrected chi connectivity index (χ3v) is 2.88. The summed E-state index contributed by atoms with van der Waals surface area (Å²) in [5.41, 5.74) is -0.0386. The molecule has 0 aromatic heterocycles. The minimum Gasteiger partial charge on any atom is -0.356 e. The van der Waals surface area contributed by atoms with Crippen LogP contribution in [0.5, 0.6) is 0 Å². The number of hydrogen-bond donors (Lipinski definition) is 2. The second kappa shape index (κ2) is 7.89. The van der Waals surface area contributed by atoms with Crippen molar-refractivity contribution in [1.29, 1.82) is 0 Å². The van der Waals surface area contributed by atoms with E-state index in [1.165, 1.54) is 18.2 Å². The molecule has 0 aliphatic carbocycles. The van der Waals surface area contributed by atoms with Crippen molar-refractivity contribution < 1.29 is 14.0 Å². The lowest BCUT2D eigenvalue weighted by atomic mass is 10.2. The van der Waals surface area contributed by atoms with Gasteiger partial charge in [0.25, 0.3) is 5.91 Å². The van der Waals surface area contributed by atoms with Crippen molar-refractivity contribution in [1.82, 2.24) is 10.6 Å². The van der Waals surface area contributed by atoms with Crippen LogP contribution in [0.1, 0.15) is 30.1 Å². The lowest BCUT2D eigenvalue weighted by Crippen LogP contribution is -2.31. The van der Waals surface area contributed by atoms with Crippen LogP contribution in [-0.4, -0.2) is 24.9 Å². The van der Waals surface area contributed by atoms with Crippen molar-refractivity contribution in [3.8, 4) is 0 Å². The molecule has 1 aromatic rings. The summed E-state index contributed by atoms with van der Waals surface area (Å²) in [4.78, 5) is 23.0. The molecule has 0 saturated carbocycles. The molecular formula is C13H16BrFN2O2. The summed E-state index contributed by atoms with van der Waals surface area (Å²) >= 11 is 3.17. The summed E-state index contributed by atoms with van der Waals surface area (Å²) in [7, 11) is 0. The zero-order chi connectivity index (χ0) is 14.3. The zero-order valence-corrected chi connectivity index (χ0v) is 12.2.